The summed E-state index contributed by atoms with van der Waals surface area (Å²) in [7, 11) is 0. The number of hydrogen-bond donors (Lipinski definition) is 3. The van der Waals surface area contributed by atoms with Gasteiger partial charge in [0.25, 0.3) is 0 Å². The monoisotopic (exact) mass is 496 g/mol. The zero-order valence-electron chi connectivity index (χ0n) is 20.3. The highest BCUT2D eigenvalue weighted by Crippen LogP contribution is 2.38. The van der Waals surface area contributed by atoms with E-state index in [1.165, 1.54) is 24.3 Å². The first-order chi connectivity index (χ1) is 17.4. The van der Waals surface area contributed by atoms with Crippen LogP contribution in [0, 0.1) is 11.7 Å². The Morgan fingerprint density at radius 3 is 2.31 bits per heavy atom. The van der Waals surface area contributed by atoms with Gasteiger partial charge in [0.15, 0.2) is 0 Å². The van der Waals surface area contributed by atoms with Crippen LogP contribution < -0.4 is 16.5 Å². The summed E-state index contributed by atoms with van der Waals surface area (Å²) in [6.07, 6.45) is 5.15. The van der Waals surface area contributed by atoms with Gasteiger partial charge in [-0.05, 0) is 60.4 Å². The Morgan fingerprint density at radius 2 is 1.64 bits per heavy atom. The molecule has 1 aliphatic carbocycles. The summed E-state index contributed by atoms with van der Waals surface area (Å²) in [4.78, 5) is 37.3. The number of nitrogens with two attached hydrogens (primary N) is 1. The standard InChI is InChI=1S/C27H33FN4O4/c28-21-13-11-20(12-14-21)24(25(29)33)30-26(34)23-6-2-1-5-22(23)19-9-7-18(8-10-19)17-36-27(35)31-32-15-3-4-16-32/h7-14,22-24H,1-6,15-17H2,(H2,29,33)(H,30,34)(H,31,35). The van der Waals surface area contributed by atoms with E-state index in [2.05, 4.69) is 10.7 Å². The molecule has 0 aromatic heterocycles. The van der Waals surface area contributed by atoms with Gasteiger partial charge >= 0.3 is 6.09 Å². The molecule has 0 bridgehead atoms. The maximum atomic E-state index is 13.3. The summed E-state index contributed by atoms with van der Waals surface area (Å²) in [6.45, 7) is 1.83. The molecule has 3 amide bonds. The predicted octanol–water partition coefficient (Wildman–Crippen LogP) is 3.68. The van der Waals surface area contributed by atoms with E-state index in [4.69, 9.17) is 10.5 Å². The minimum atomic E-state index is -1.02. The topological polar surface area (TPSA) is 114 Å². The Morgan fingerprint density at radius 1 is 0.972 bits per heavy atom. The van der Waals surface area contributed by atoms with Crippen LogP contribution >= 0.6 is 0 Å². The average molecular weight is 497 g/mol. The Labute approximate surface area is 210 Å². The fourth-order valence-electron chi connectivity index (χ4n) is 5.07. The summed E-state index contributed by atoms with van der Waals surface area (Å²) >= 11 is 0. The van der Waals surface area contributed by atoms with Crippen LogP contribution in [-0.2, 0) is 20.9 Å². The van der Waals surface area contributed by atoms with Crippen LogP contribution in [0.3, 0.4) is 0 Å². The van der Waals surface area contributed by atoms with E-state index in [1.54, 1.807) is 0 Å². The first-order valence-corrected chi connectivity index (χ1v) is 12.5. The lowest BCUT2D eigenvalue weighted by Crippen LogP contribution is -2.42. The molecule has 0 radical (unpaired) electrons. The largest absolute Gasteiger partial charge is 0.444 e. The molecule has 3 unspecified atom stereocenters. The number of rotatable bonds is 8. The summed E-state index contributed by atoms with van der Waals surface area (Å²) in [5.41, 5.74) is 10.6. The zero-order chi connectivity index (χ0) is 25.5. The van der Waals surface area contributed by atoms with Crippen molar-refractivity contribution < 1.29 is 23.5 Å². The molecule has 1 heterocycles. The fraction of sp³-hybridized carbons (Fsp3) is 0.444. The van der Waals surface area contributed by atoms with Crippen molar-refractivity contribution in [2.45, 2.75) is 57.1 Å². The number of nitrogens with one attached hydrogen (secondary N) is 2. The Hall–Kier alpha value is -3.46. The minimum absolute atomic E-state index is 0.00562. The van der Waals surface area contributed by atoms with Gasteiger partial charge in [0, 0.05) is 19.0 Å². The fourth-order valence-corrected chi connectivity index (χ4v) is 5.07. The van der Waals surface area contributed by atoms with Gasteiger partial charge in [0.05, 0.1) is 0 Å². The van der Waals surface area contributed by atoms with E-state index in [9.17, 15) is 18.8 Å². The minimum Gasteiger partial charge on any atom is -0.444 e. The van der Waals surface area contributed by atoms with Crippen molar-refractivity contribution in [2.75, 3.05) is 13.1 Å². The molecule has 2 aliphatic rings. The molecule has 9 heteroatoms. The lowest BCUT2D eigenvalue weighted by atomic mass is 9.74. The molecule has 1 saturated carbocycles. The van der Waals surface area contributed by atoms with Crippen molar-refractivity contribution in [1.82, 2.24) is 15.8 Å². The second kappa shape index (κ2) is 12.0. The molecule has 1 saturated heterocycles. The third-order valence-electron chi connectivity index (χ3n) is 7.01. The maximum absolute atomic E-state index is 13.3. The van der Waals surface area contributed by atoms with Gasteiger partial charge in [0.1, 0.15) is 18.5 Å². The van der Waals surface area contributed by atoms with Crippen LogP contribution in [-0.4, -0.2) is 36.0 Å². The number of carbonyl (C=O) groups is 3. The van der Waals surface area contributed by atoms with Crippen LogP contribution in [0.5, 0.6) is 0 Å². The van der Waals surface area contributed by atoms with Crippen molar-refractivity contribution in [2.24, 2.45) is 11.7 Å². The molecule has 0 spiro atoms. The quantitative estimate of drug-likeness (QED) is 0.516. The molecule has 36 heavy (non-hydrogen) atoms. The second-order valence-electron chi connectivity index (χ2n) is 9.52. The highest BCUT2D eigenvalue weighted by atomic mass is 19.1. The molecule has 2 aromatic carbocycles. The van der Waals surface area contributed by atoms with E-state index in [-0.39, 0.29) is 24.3 Å². The highest BCUT2D eigenvalue weighted by Gasteiger charge is 2.34. The molecule has 1 aliphatic heterocycles. The van der Waals surface area contributed by atoms with Gasteiger partial charge in [-0.15, -0.1) is 0 Å². The number of hydrazine groups is 1. The average Bonchev–Trinajstić information content (AvgIpc) is 3.40. The summed E-state index contributed by atoms with van der Waals surface area (Å²) in [5, 5.41) is 4.65. The third-order valence-corrected chi connectivity index (χ3v) is 7.01. The van der Waals surface area contributed by atoms with Crippen molar-refractivity contribution in [3.05, 3.63) is 71.0 Å². The van der Waals surface area contributed by atoms with E-state index < -0.39 is 23.9 Å². The molecule has 3 atom stereocenters. The van der Waals surface area contributed by atoms with E-state index in [1.807, 2.05) is 29.3 Å². The molecule has 192 valence electrons. The second-order valence-corrected chi connectivity index (χ2v) is 9.52. The third kappa shape index (κ3) is 6.60. The lowest BCUT2D eigenvalue weighted by molar-refractivity contribution is -0.131. The Bertz CT molecular complexity index is 1050. The molecular weight excluding hydrogens is 463 g/mol. The molecule has 4 rings (SSSR count). The lowest BCUT2D eigenvalue weighted by Gasteiger charge is -2.32. The first kappa shape index (κ1) is 25.6. The summed E-state index contributed by atoms with van der Waals surface area (Å²) in [5.74, 6) is -1.68. The SMILES string of the molecule is NC(=O)C(NC(=O)C1CCCCC1c1ccc(COC(=O)NN2CCCC2)cc1)c1ccc(F)cc1. The zero-order valence-corrected chi connectivity index (χ0v) is 20.3. The van der Waals surface area contributed by atoms with Gasteiger partial charge in [-0.2, -0.15) is 0 Å². The van der Waals surface area contributed by atoms with Gasteiger partial charge in [-0.1, -0.05) is 49.2 Å². The van der Waals surface area contributed by atoms with E-state index >= 15 is 0 Å². The van der Waals surface area contributed by atoms with Crippen molar-refractivity contribution in [3.63, 3.8) is 0 Å². The maximum Gasteiger partial charge on any atom is 0.422 e. The molecule has 2 aromatic rings. The molecular formula is C27H33FN4O4. The van der Waals surface area contributed by atoms with Gasteiger partial charge < -0.3 is 15.8 Å². The van der Waals surface area contributed by atoms with Crippen molar-refractivity contribution in [1.29, 1.82) is 0 Å². The number of halogens is 1. The predicted molar refractivity (Wildman–Crippen MR) is 132 cm³/mol. The van der Waals surface area contributed by atoms with Crippen molar-refractivity contribution in [3.8, 4) is 0 Å². The number of amides is 3. The van der Waals surface area contributed by atoms with Gasteiger partial charge in [-0.25, -0.2) is 14.2 Å². The molecule has 4 N–H and O–H groups in total. The number of benzene rings is 2. The van der Waals surface area contributed by atoms with Crippen LogP contribution in [0.2, 0.25) is 0 Å². The van der Waals surface area contributed by atoms with Crippen LogP contribution in [0.4, 0.5) is 9.18 Å². The van der Waals surface area contributed by atoms with Crippen LogP contribution in [0.25, 0.3) is 0 Å². The highest BCUT2D eigenvalue weighted by molar-refractivity contribution is 5.89. The number of hydrogen-bond acceptors (Lipinski definition) is 5. The smallest absolute Gasteiger partial charge is 0.422 e. The Balaban J connectivity index is 1.37. The number of primary amides is 1. The van der Waals surface area contributed by atoms with Gasteiger partial charge in [0.2, 0.25) is 11.8 Å². The summed E-state index contributed by atoms with van der Waals surface area (Å²) in [6, 6.07) is 12.1. The van der Waals surface area contributed by atoms with Crippen molar-refractivity contribution >= 4 is 17.9 Å². The number of carbonyl (C=O) groups excluding carboxylic acids is 3. The van der Waals surface area contributed by atoms with E-state index in [0.29, 0.717) is 12.0 Å². The normalized spacial score (nSPS) is 20.9. The van der Waals surface area contributed by atoms with Crippen LogP contribution in [0.15, 0.2) is 48.5 Å². The van der Waals surface area contributed by atoms with Crippen LogP contribution in [0.1, 0.15) is 67.2 Å². The summed E-state index contributed by atoms with van der Waals surface area (Å²) < 4.78 is 18.6. The Kier molecular flexibility index (Phi) is 8.53. The first-order valence-electron chi connectivity index (χ1n) is 12.5. The number of nitrogens with zero attached hydrogens (tertiary/aromatic N) is 1. The van der Waals surface area contributed by atoms with E-state index in [0.717, 1.165) is 56.3 Å². The molecule has 8 nitrogen and oxygen atoms in total. The number of ether oxygens (including phenoxy) is 1. The molecule has 2 fully saturated rings. The van der Waals surface area contributed by atoms with Gasteiger partial charge in [-0.3, -0.25) is 15.0 Å².